The molecule has 2 aliphatic rings. The van der Waals surface area contributed by atoms with Crippen LogP contribution >= 0.6 is 0 Å². The molecule has 0 bridgehead atoms. The van der Waals surface area contributed by atoms with Gasteiger partial charge in [0.2, 0.25) is 0 Å². The van der Waals surface area contributed by atoms with Crippen molar-refractivity contribution in [2.75, 3.05) is 16.9 Å². The minimum atomic E-state index is 0.458. The van der Waals surface area contributed by atoms with Crippen LogP contribution in [0.15, 0.2) is 42.7 Å². The van der Waals surface area contributed by atoms with E-state index < -0.39 is 0 Å². The smallest absolute Gasteiger partial charge is 0.139 e. The fourth-order valence-electron chi connectivity index (χ4n) is 4.00. The third kappa shape index (κ3) is 1.61. The van der Waals surface area contributed by atoms with Gasteiger partial charge in [0.1, 0.15) is 5.65 Å². The summed E-state index contributed by atoms with van der Waals surface area (Å²) in [5, 5.41) is 4.72. The molecule has 5 rings (SSSR count). The normalized spacial score (nSPS) is 19.8. The van der Waals surface area contributed by atoms with Crippen molar-refractivity contribution in [3.8, 4) is 0 Å². The Morgan fingerprint density at radius 3 is 3.14 bits per heavy atom. The molecule has 1 aliphatic carbocycles. The van der Waals surface area contributed by atoms with Gasteiger partial charge in [-0.2, -0.15) is 0 Å². The maximum absolute atomic E-state index is 4.49. The highest BCUT2D eigenvalue weighted by Crippen LogP contribution is 2.44. The summed E-state index contributed by atoms with van der Waals surface area (Å²) in [4.78, 5) is 10.2. The number of nitrogens with zero attached hydrogens (tertiary/aromatic N) is 2. The average molecular weight is 290 g/mol. The molecular formula is C18H18N4. The van der Waals surface area contributed by atoms with Crippen LogP contribution in [-0.4, -0.2) is 16.6 Å². The lowest BCUT2D eigenvalue weighted by atomic mass is 9.87. The van der Waals surface area contributed by atoms with Gasteiger partial charge < -0.3 is 15.2 Å². The Kier molecular flexibility index (Phi) is 2.47. The highest BCUT2D eigenvalue weighted by molar-refractivity contribution is 5.99. The fraction of sp³-hybridized carbons (Fsp3) is 0.278. The van der Waals surface area contributed by atoms with Crippen LogP contribution in [0.1, 0.15) is 30.0 Å². The maximum atomic E-state index is 4.49. The number of aromatic amines is 1. The van der Waals surface area contributed by atoms with E-state index in [0.29, 0.717) is 6.04 Å². The van der Waals surface area contributed by atoms with Crippen molar-refractivity contribution in [2.24, 2.45) is 0 Å². The van der Waals surface area contributed by atoms with Gasteiger partial charge in [0.15, 0.2) is 0 Å². The summed E-state index contributed by atoms with van der Waals surface area (Å²) in [6.45, 7) is 0.861. The van der Waals surface area contributed by atoms with Crippen molar-refractivity contribution in [3.05, 3.63) is 53.9 Å². The molecule has 1 aromatic carbocycles. The number of anilines is 2. The van der Waals surface area contributed by atoms with Crippen molar-refractivity contribution in [3.63, 3.8) is 0 Å². The van der Waals surface area contributed by atoms with E-state index in [-0.39, 0.29) is 0 Å². The number of hydrogen-bond donors (Lipinski definition) is 2. The van der Waals surface area contributed by atoms with Gasteiger partial charge in [-0.3, -0.25) is 0 Å². The molecule has 2 aromatic heterocycles. The minimum absolute atomic E-state index is 0.458. The van der Waals surface area contributed by atoms with Gasteiger partial charge in [0.05, 0.1) is 30.3 Å². The number of hydrogen-bond acceptors (Lipinski definition) is 3. The van der Waals surface area contributed by atoms with E-state index in [4.69, 9.17) is 0 Å². The van der Waals surface area contributed by atoms with Gasteiger partial charge in [-0.05, 0) is 36.5 Å². The van der Waals surface area contributed by atoms with Gasteiger partial charge in [-0.1, -0.05) is 24.3 Å². The lowest BCUT2D eigenvalue weighted by molar-refractivity contribution is 0.536. The van der Waals surface area contributed by atoms with Crippen LogP contribution in [0.5, 0.6) is 0 Å². The number of nitrogens with one attached hydrogen (secondary N) is 2. The number of pyridine rings is 1. The molecule has 3 heterocycles. The topological polar surface area (TPSA) is 44.0 Å². The molecule has 4 nitrogen and oxygen atoms in total. The predicted octanol–water partition coefficient (Wildman–Crippen LogP) is 3.83. The highest BCUT2D eigenvalue weighted by atomic mass is 15.3. The van der Waals surface area contributed by atoms with Gasteiger partial charge >= 0.3 is 0 Å². The number of benzene rings is 1. The Labute approximate surface area is 129 Å². The zero-order valence-electron chi connectivity index (χ0n) is 12.3. The third-order valence-corrected chi connectivity index (χ3v) is 5.00. The lowest BCUT2D eigenvalue weighted by Crippen LogP contribution is -2.31. The Hall–Kier alpha value is -2.49. The van der Waals surface area contributed by atoms with Crippen molar-refractivity contribution >= 4 is 22.4 Å². The van der Waals surface area contributed by atoms with E-state index in [1.165, 1.54) is 41.5 Å². The molecule has 110 valence electrons. The van der Waals surface area contributed by atoms with Crippen molar-refractivity contribution < 1.29 is 0 Å². The summed E-state index contributed by atoms with van der Waals surface area (Å²) < 4.78 is 0. The number of aromatic nitrogens is 2. The van der Waals surface area contributed by atoms with E-state index in [1.807, 2.05) is 12.4 Å². The molecule has 1 aliphatic heterocycles. The Morgan fingerprint density at radius 2 is 2.14 bits per heavy atom. The number of fused-ring (bicyclic) bond motifs is 4. The monoisotopic (exact) mass is 290 g/mol. The van der Waals surface area contributed by atoms with E-state index in [0.717, 1.165) is 18.0 Å². The SMILES string of the molecule is c1ccc2c(c1)CCC[C@@H]2N1CNc2cnc3[nH]ccc3c21. The molecule has 4 heteroatoms. The first-order valence-electron chi connectivity index (χ1n) is 7.96. The second-order valence-electron chi connectivity index (χ2n) is 6.17. The van der Waals surface area contributed by atoms with E-state index in [2.05, 4.69) is 50.5 Å². The Morgan fingerprint density at radius 1 is 1.18 bits per heavy atom. The molecule has 3 aromatic rings. The summed E-state index contributed by atoms with van der Waals surface area (Å²) in [6, 6.07) is 11.5. The summed E-state index contributed by atoms with van der Waals surface area (Å²) in [5.41, 5.74) is 6.41. The Balaban J connectivity index is 1.67. The van der Waals surface area contributed by atoms with Gasteiger partial charge in [-0.15, -0.1) is 0 Å². The zero-order chi connectivity index (χ0) is 14.5. The molecule has 0 radical (unpaired) electrons. The number of rotatable bonds is 1. The number of H-pyrrole nitrogens is 1. The second-order valence-corrected chi connectivity index (χ2v) is 6.17. The van der Waals surface area contributed by atoms with Crippen molar-refractivity contribution in [1.29, 1.82) is 0 Å². The largest absolute Gasteiger partial charge is 0.365 e. The van der Waals surface area contributed by atoms with Crippen LogP contribution in [-0.2, 0) is 6.42 Å². The number of aryl methyl sites for hydroxylation is 1. The molecule has 0 unspecified atom stereocenters. The highest BCUT2D eigenvalue weighted by Gasteiger charge is 2.31. The molecule has 2 N–H and O–H groups in total. The van der Waals surface area contributed by atoms with Crippen LogP contribution in [0.2, 0.25) is 0 Å². The fourth-order valence-corrected chi connectivity index (χ4v) is 4.00. The van der Waals surface area contributed by atoms with Crippen molar-refractivity contribution in [1.82, 2.24) is 9.97 Å². The Bertz CT molecular complexity index is 851. The van der Waals surface area contributed by atoms with Crippen LogP contribution < -0.4 is 10.2 Å². The third-order valence-electron chi connectivity index (χ3n) is 5.00. The van der Waals surface area contributed by atoms with Crippen LogP contribution in [0, 0.1) is 0 Å². The van der Waals surface area contributed by atoms with E-state index in [9.17, 15) is 0 Å². The van der Waals surface area contributed by atoms with Crippen LogP contribution in [0.3, 0.4) is 0 Å². The van der Waals surface area contributed by atoms with Gasteiger partial charge in [0, 0.05) is 11.6 Å². The summed E-state index contributed by atoms with van der Waals surface area (Å²) in [6.07, 6.45) is 7.60. The molecular weight excluding hydrogens is 272 g/mol. The standard InChI is InChI=1S/C18H18N4/c1-2-6-13-12(4-1)5-3-7-16(13)22-11-21-15-10-20-18-14(17(15)22)8-9-19-18/h1-2,4,6,8-10,16,21H,3,5,7,11H2,(H,19,20)/t16-/m0/s1. The van der Waals surface area contributed by atoms with E-state index >= 15 is 0 Å². The quantitative estimate of drug-likeness (QED) is 0.716. The predicted molar refractivity (Wildman–Crippen MR) is 89.2 cm³/mol. The van der Waals surface area contributed by atoms with Gasteiger partial charge in [0.25, 0.3) is 0 Å². The van der Waals surface area contributed by atoms with Crippen LogP contribution in [0.4, 0.5) is 11.4 Å². The second kappa shape index (κ2) is 4.50. The summed E-state index contributed by atoms with van der Waals surface area (Å²) in [7, 11) is 0. The molecule has 0 saturated heterocycles. The van der Waals surface area contributed by atoms with E-state index in [1.54, 1.807) is 0 Å². The molecule has 0 amide bonds. The molecule has 0 saturated carbocycles. The summed E-state index contributed by atoms with van der Waals surface area (Å²) in [5.74, 6) is 0. The van der Waals surface area contributed by atoms with Crippen molar-refractivity contribution in [2.45, 2.75) is 25.3 Å². The first-order chi connectivity index (χ1) is 10.9. The van der Waals surface area contributed by atoms with Gasteiger partial charge in [-0.25, -0.2) is 4.98 Å². The summed E-state index contributed by atoms with van der Waals surface area (Å²) >= 11 is 0. The molecule has 0 spiro atoms. The molecule has 1 atom stereocenters. The maximum Gasteiger partial charge on any atom is 0.139 e. The lowest BCUT2D eigenvalue weighted by Gasteiger charge is -2.34. The minimum Gasteiger partial charge on any atom is -0.365 e. The molecule has 0 fully saturated rings. The average Bonchev–Trinajstić information content (AvgIpc) is 3.20. The van der Waals surface area contributed by atoms with Crippen LogP contribution in [0.25, 0.3) is 11.0 Å². The zero-order valence-corrected chi connectivity index (χ0v) is 12.3. The first kappa shape index (κ1) is 12.1. The first-order valence-corrected chi connectivity index (χ1v) is 7.96. The molecule has 22 heavy (non-hydrogen) atoms.